The van der Waals surface area contributed by atoms with Gasteiger partial charge in [0.05, 0.1) is 23.5 Å². The summed E-state index contributed by atoms with van der Waals surface area (Å²) in [5, 5.41) is 5.56. The van der Waals surface area contributed by atoms with Crippen molar-refractivity contribution >= 4 is 23.3 Å². The second-order valence-corrected chi connectivity index (χ2v) is 7.70. The van der Waals surface area contributed by atoms with E-state index in [1.165, 1.54) is 5.56 Å². The Labute approximate surface area is 176 Å². The van der Waals surface area contributed by atoms with Crippen LogP contribution in [0.15, 0.2) is 30.6 Å². The number of fused-ring (bicyclic) bond motifs is 1. The Bertz CT molecular complexity index is 866. The van der Waals surface area contributed by atoms with Crippen molar-refractivity contribution in [3.05, 3.63) is 41.7 Å². The first-order chi connectivity index (χ1) is 14.6. The van der Waals surface area contributed by atoms with E-state index in [0.717, 1.165) is 50.4 Å². The number of hydrogen-bond donors (Lipinski definition) is 3. The molecule has 2 aliphatic heterocycles. The average Bonchev–Trinajstić information content (AvgIpc) is 3.15. The highest BCUT2D eigenvalue weighted by molar-refractivity contribution is 5.88. The van der Waals surface area contributed by atoms with Gasteiger partial charge in [-0.25, -0.2) is 14.8 Å². The number of piperidine rings is 1. The van der Waals surface area contributed by atoms with E-state index >= 15 is 0 Å². The average molecular weight is 412 g/mol. The first-order valence-corrected chi connectivity index (χ1v) is 10.5. The number of benzene rings is 1. The summed E-state index contributed by atoms with van der Waals surface area (Å²) >= 11 is 0. The maximum atomic E-state index is 11.7. The van der Waals surface area contributed by atoms with Crippen LogP contribution in [-0.4, -0.2) is 49.2 Å². The largest absolute Gasteiger partial charge is 0.462 e. The Balaban J connectivity index is 1.21. The van der Waals surface area contributed by atoms with E-state index in [1.807, 2.05) is 12.1 Å². The molecule has 2 aliphatic rings. The lowest BCUT2D eigenvalue weighted by Crippen LogP contribution is -2.38. The number of aromatic nitrogens is 2. The van der Waals surface area contributed by atoms with Crippen LogP contribution in [0.4, 0.5) is 17.3 Å². The van der Waals surface area contributed by atoms with Crippen molar-refractivity contribution in [2.45, 2.75) is 26.3 Å². The predicted molar refractivity (Wildman–Crippen MR) is 116 cm³/mol. The van der Waals surface area contributed by atoms with Crippen LogP contribution < -0.4 is 26.2 Å². The number of rotatable bonds is 7. The minimum atomic E-state index is -0.378. The Kier molecular flexibility index (Phi) is 6.29. The molecule has 3 heterocycles. The zero-order chi connectivity index (χ0) is 20.9. The van der Waals surface area contributed by atoms with E-state index in [-0.39, 0.29) is 5.97 Å². The molecule has 160 valence electrons. The molecule has 4 rings (SSSR count). The summed E-state index contributed by atoms with van der Waals surface area (Å²) in [6.45, 7) is 5.83. The van der Waals surface area contributed by atoms with Gasteiger partial charge < -0.3 is 20.4 Å². The number of nitrogens with one attached hydrogen (secondary N) is 3. The molecular weight excluding hydrogens is 382 g/mol. The van der Waals surface area contributed by atoms with E-state index in [0.29, 0.717) is 24.0 Å². The molecule has 1 aromatic carbocycles. The van der Waals surface area contributed by atoms with Crippen molar-refractivity contribution in [2.24, 2.45) is 5.92 Å². The highest BCUT2D eigenvalue weighted by Gasteiger charge is 2.21. The van der Waals surface area contributed by atoms with Gasteiger partial charge in [0.1, 0.15) is 0 Å². The summed E-state index contributed by atoms with van der Waals surface area (Å²) in [4.78, 5) is 22.6. The van der Waals surface area contributed by atoms with Crippen LogP contribution in [-0.2, 0) is 11.3 Å². The Morgan fingerprint density at radius 2 is 2.03 bits per heavy atom. The minimum absolute atomic E-state index is 0.347. The van der Waals surface area contributed by atoms with Crippen LogP contribution >= 0.6 is 0 Å². The highest BCUT2D eigenvalue weighted by atomic mass is 16.5. The van der Waals surface area contributed by atoms with Crippen molar-refractivity contribution < 1.29 is 9.53 Å². The summed E-state index contributed by atoms with van der Waals surface area (Å²) in [7, 11) is 1.99. The second kappa shape index (κ2) is 9.27. The second-order valence-electron chi connectivity index (χ2n) is 7.70. The number of hydrazine groups is 2. The van der Waals surface area contributed by atoms with Gasteiger partial charge in [-0.05, 0) is 49.9 Å². The lowest BCUT2D eigenvalue weighted by atomic mass is 9.97. The van der Waals surface area contributed by atoms with Gasteiger partial charge in [0.15, 0.2) is 0 Å². The molecule has 9 nitrogen and oxygen atoms in total. The summed E-state index contributed by atoms with van der Waals surface area (Å²) in [5.74, 6) is 0.940. The first kappa shape index (κ1) is 20.4. The summed E-state index contributed by atoms with van der Waals surface area (Å²) in [6, 6.07) is 6.47. The van der Waals surface area contributed by atoms with Crippen molar-refractivity contribution in [1.82, 2.24) is 20.8 Å². The SMILES string of the molecule is CCOC(=O)c1cnc(N2CCC(CNCc3ccc4c(c3)NNN4C)CC2)nc1. The molecule has 0 saturated carbocycles. The monoisotopic (exact) mass is 411 g/mol. The third kappa shape index (κ3) is 4.63. The third-order valence-electron chi connectivity index (χ3n) is 5.59. The van der Waals surface area contributed by atoms with Gasteiger partial charge in [-0.3, -0.25) is 5.01 Å². The lowest BCUT2D eigenvalue weighted by molar-refractivity contribution is 0.0525. The van der Waals surface area contributed by atoms with Crippen LogP contribution in [0.25, 0.3) is 0 Å². The summed E-state index contributed by atoms with van der Waals surface area (Å²) < 4.78 is 4.98. The number of carbonyl (C=O) groups is 1. The molecule has 0 amide bonds. The number of nitrogens with zero attached hydrogens (tertiary/aromatic N) is 4. The van der Waals surface area contributed by atoms with Gasteiger partial charge in [0, 0.05) is 39.1 Å². The zero-order valence-corrected chi connectivity index (χ0v) is 17.5. The van der Waals surface area contributed by atoms with Crippen LogP contribution in [0.5, 0.6) is 0 Å². The Hall–Kier alpha value is -2.91. The third-order valence-corrected chi connectivity index (χ3v) is 5.59. The maximum absolute atomic E-state index is 11.7. The number of esters is 1. The normalized spacial score (nSPS) is 16.3. The molecule has 0 spiro atoms. The molecule has 2 aromatic rings. The number of hydrogen-bond acceptors (Lipinski definition) is 9. The molecule has 0 radical (unpaired) electrons. The van der Waals surface area contributed by atoms with Gasteiger partial charge in [-0.2, -0.15) is 0 Å². The van der Waals surface area contributed by atoms with Gasteiger partial charge in [0.25, 0.3) is 0 Å². The maximum Gasteiger partial charge on any atom is 0.341 e. The first-order valence-electron chi connectivity index (χ1n) is 10.5. The number of anilines is 3. The minimum Gasteiger partial charge on any atom is -0.462 e. The molecule has 1 aromatic heterocycles. The number of carbonyl (C=O) groups excluding carboxylic acids is 1. The van der Waals surface area contributed by atoms with Crippen molar-refractivity contribution in [3.63, 3.8) is 0 Å². The molecule has 3 N–H and O–H groups in total. The molecule has 30 heavy (non-hydrogen) atoms. The Morgan fingerprint density at radius 3 is 2.77 bits per heavy atom. The van der Waals surface area contributed by atoms with Gasteiger partial charge in [-0.15, -0.1) is 5.53 Å². The molecule has 0 bridgehead atoms. The molecule has 0 aliphatic carbocycles. The van der Waals surface area contributed by atoms with Gasteiger partial charge >= 0.3 is 5.97 Å². The molecule has 0 atom stereocenters. The van der Waals surface area contributed by atoms with Crippen LogP contribution in [0.1, 0.15) is 35.7 Å². The summed E-state index contributed by atoms with van der Waals surface area (Å²) in [6.07, 6.45) is 5.28. The fourth-order valence-corrected chi connectivity index (χ4v) is 3.85. The van der Waals surface area contributed by atoms with Crippen molar-refractivity contribution in [2.75, 3.05) is 48.6 Å². The number of ether oxygens (including phenoxy) is 1. The van der Waals surface area contributed by atoms with E-state index in [1.54, 1.807) is 19.3 Å². The molecule has 0 unspecified atom stereocenters. The Morgan fingerprint density at radius 1 is 1.27 bits per heavy atom. The zero-order valence-electron chi connectivity index (χ0n) is 17.5. The van der Waals surface area contributed by atoms with Crippen molar-refractivity contribution in [3.8, 4) is 0 Å². The van der Waals surface area contributed by atoms with E-state index in [4.69, 9.17) is 4.74 Å². The predicted octanol–water partition coefficient (Wildman–Crippen LogP) is 1.94. The van der Waals surface area contributed by atoms with Crippen LogP contribution in [0.3, 0.4) is 0 Å². The molecular formula is C21H29N7O2. The van der Waals surface area contributed by atoms with E-state index in [9.17, 15) is 4.79 Å². The fourth-order valence-electron chi connectivity index (χ4n) is 3.85. The standard InChI is InChI=1S/C21H29N7O2/c1-3-30-20(29)17-13-23-21(24-14-17)28-8-6-15(7-9-28)11-22-12-16-4-5-19-18(10-16)25-26-27(19)2/h4-5,10,13-15,22,25-26H,3,6-9,11-12H2,1-2H3. The van der Waals surface area contributed by atoms with Gasteiger partial charge in [-0.1, -0.05) is 6.07 Å². The smallest absolute Gasteiger partial charge is 0.341 e. The van der Waals surface area contributed by atoms with Crippen LogP contribution in [0.2, 0.25) is 0 Å². The highest BCUT2D eigenvalue weighted by Crippen LogP contribution is 2.28. The molecule has 9 heteroatoms. The van der Waals surface area contributed by atoms with E-state index in [2.05, 4.69) is 49.3 Å². The molecule has 1 fully saturated rings. The topological polar surface area (TPSA) is 94.6 Å². The fraction of sp³-hybridized carbons (Fsp3) is 0.476. The van der Waals surface area contributed by atoms with Crippen molar-refractivity contribution in [1.29, 1.82) is 0 Å². The van der Waals surface area contributed by atoms with E-state index < -0.39 is 0 Å². The quantitative estimate of drug-likeness (QED) is 0.591. The summed E-state index contributed by atoms with van der Waals surface area (Å²) in [5.41, 5.74) is 10.2. The lowest BCUT2D eigenvalue weighted by Gasteiger charge is -2.32. The molecule has 1 saturated heterocycles. The van der Waals surface area contributed by atoms with Gasteiger partial charge in [0.2, 0.25) is 5.95 Å². The van der Waals surface area contributed by atoms with Crippen LogP contribution in [0, 0.1) is 5.92 Å².